The van der Waals surface area contributed by atoms with E-state index in [1.54, 1.807) is 0 Å². The van der Waals surface area contributed by atoms with Gasteiger partial charge >= 0.3 is 0 Å². The minimum Gasteiger partial charge on any atom is -0.316 e. The Kier molecular flexibility index (Phi) is 5.27. The summed E-state index contributed by atoms with van der Waals surface area (Å²) in [5.74, 6) is 0.00454. The largest absolute Gasteiger partial charge is 0.316 e. The molecule has 3 atom stereocenters. The van der Waals surface area contributed by atoms with Crippen LogP contribution in [0.15, 0.2) is 29.3 Å². The quantitative estimate of drug-likeness (QED) is 0.626. The molecule has 0 N–H and O–H groups in total. The van der Waals surface area contributed by atoms with Crippen LogP contribution in [-0.2, 0) is 14.6 Å². The van der Waals surface area contributed by atoms with Gasteiger partial charge in [-0.25, -0.2) is 8.42 Å². The van der Waals surface area contributed by atoms with E-state index in [0.29, 0.717) is 5.17 Å². The lowest BCUT2D eigenvalue weighted by Crippen LogP contribution is -2.37. The first-order valence-corrected chi connectivity index (χ1v) is 11.6. The fourth-order valence-electron chi connectivity index (χ4n) is 2.87. The summed E-state index contributed by atoms with van der Waals surface area (Å²) in [6, 6.07) is 7.71. The number of hydrogen-bond acceptors (Lipinski definition) is 4. The van der Waals surface area contributed by atoms with E-state index in [-0.39, 0.29) is 34.6 Å². The van der Waals surface area contributed by atoms with Crippen molar-refractivity contribution >= 4 is 61.0 Å². The summed E-state index contributed by atoms with van der Waals surface area (Å²) in [5.41, 5.74) is 0.898. The van der Waals surface area contributed by atoms with Crippen molar-refractivity contribution in [2.75, 3.05) is 16.4 Å². The van der Waals surface area contributed by atoms with Crippen LogP contribution in [0, 0.1) is 9.49 Å². The molecule has 24 heavy (non-hydrogen) atoms. The fraction of sp³-hybridized carbons (Fsp3) is 0.500. The molecule has 2 aliphatic rings. The maximum absolute atomic E-state index is 12.3. The Hall–Kier alpha value is -0.610. The van der Waals surface area contributed by atoms with Gasteiger partial charge in [0.05, 0.1) is 17.5 Å². The lowest BCUT2D eigenvalue weighted by atomic mass is 10.1. The standard InChI is InChI=1S/C16H19IN2O3S2/c1-3-10(2)15(20)18-16-19(12-6-4-5-11(17)7-12)13-8-24(21,22)9-14(13)23-16/h4-7,10,13-14H,3,8-9H2,1-2H3/t10-,13-,14+/m1/s1. The minimum atomic E-state index is -3.03. The van der Waals surface area contributed by atoms with E-state index in [1.807, 2.05) is 43.0 Å². The van der Waals surface area contributed by atoms with E-state index in [0.717, 1.165) is 15.7 Å². The summed E-state index contributed by atoms with van der Waals surface area (Å²) in [7, 11) is -3.03. The minimum absolute atomic E-state index is 0.0589. The number of nitrogens with zero attached hydrogens (tertiary/aromatic N) is 2. The third-order valence-corrected chi connectivity index (χ3v) is 8.27. The van der Waals surface area contributed by atoms with E-state index < -0.39 is 9.84 Å². The molecule has 0 bridgehead atoms. The van der Waals surface area contributed by atoms with Crippen molar-refractivity contribution in [1.82, 2.24) is 0 Å². The average Bonchev–Trinajstić information content (AvgIpc) is 2.97. The van der Waals surface area contributed by atoms with Crippen LogP contribution in [0.5, 0.6) is 0 Å². The predicted octanol–water partition coefficient (Wildman–Crippen LogP) is 2.94. The maximum Gasteiger partial charge on any atom is 0.250 e. The van der Waals surface area contributed by atoms with Gasteiger partial charge < -0.3 is 4.90 Å². The molecule has 0 unspecified atom stereocenters. The van der Waals surface area contributed by atoms with Gasteiger partial charge in [-0.3, -0.25) is 4.79 Å². The molecule has 0 radical (unpaired) electrons. The van der Waals surface area contributed by atoms with Gasteiger partial charge in [-0.2, -0.15) is 4.99 Å². The van der Waals surface area contributed by atoms with Crippen LogP contribution in [-0.4, -0.2) is 42.3 Å². The number of carbonyl (C=O) groups is 1. The number of amides is 1. The van der Waals surface area contributed by atoms with Gasteiger partial charge in [-0.05, 0) is 47.2 Å². The molecule has 1 amide bonds. The highest BCUT2D eigenvalue weighted by atomic mass is 127. The zero-order valence-corrected chi connectivity index (χ0v) is 17.3. The number of halogens is 1. The summed E-state index contributed by atoms with van der Waals surface area (Å²) >= 11 is 3.65. The van der Waals surface area contributed by atoms with E-state index in [9.17, 15) is 13.2 Å². The summed E-state index contributed by atoms with van der Waals surface area (Å²) < 4.78 is 25.1. The van der Waals surface area contributed by atoms with E-state index in [1.165, 1.54) is 11.8 Å². The van der Waals surface area contributed by atoms with Gasteiger partial charge in [0.15, 0.2) is 15.0 Å². The molecule has 1 aromatic carbocycles. The van der Waals surface area contributed by atoms with Crippen molar-refractivity contribution in [2.24, 2.45) is 10.9 Å². The highest BCUT2D eigenvalue weighted by Crippen LogP contribution is 2.41. The number of thioether (sulfide) groups is 1. The molecule has 2 saturated heterocycles. The second kappa shape index (κ2) is 6.95. The number of aliphatic imine (C=N–C) groups is 1. The monoisotopic (exact) mass is 478 g/mol. The molecule has 0 aromatic heterocycles. The highest BCUT2D eigenvalue weighted by molar-refractivity contribution is 14.1. The molecule has 5 nitrogen and oxygen atoms in total. The van der Waals surface area contributed by atoms with Gasteiger partial charge in [-0.1, -0.05) is 31.7 Å². The maximum atomic E-state index is 12.3. The zero-order valence-electron chi connectivity index (χ0n) is 13.5. The molecular weight excluding hydrogens is 459 g/mol. The van der Waals surface area contributed by atoms with Gasteiger partial charge in [0, 0.05) is 20.4 Å². The molecule has 2 aliphatic heterocycles. The summed E-state index contributed by atoms with van der Waals surface area (Å²) in [4.78, 5) is 18.6. The van der Waals surface area contributed by atoms with Crippen LogP contribution < -0.4 is 4.90 Å². The smallest absolute Gasteiger partial charge is 0.250 e. The number of carbonyl (C=O) groups excluding carboxylic acids is 1. The van der Waals surface area contributed by atoms with Crippen LogP contribution in [0.1, 0.15) is 20.3 Å². The second-order valence-corrected chi connectivity index (χ2v) is 10.8. The summed E-state index contributed by atoms with van der Waals surface area (Å²) in [6.45, 7) is 3.83. The molecule has 0 saturated carbocycles. The Bertz CT molecular complexity index is 794. The molecule has 0 spiro atoms. The summed E-state index contributed by atoms with van der Waals surface area (Å²) in [6.07, 6.45) is 0.741. The SMILES string of the molecule is CC[C@@H](C)C(=O)N=C1S[C@H]2CS(=O)(=O)C[C@H]2N1c1cccc(I)c1. The molecular formula is C16H19IN2O3S2. The predicted molar refractivity (Wildman–Crippen MR) is 107 cm³/mol. The molecule has 2 heterocycles. The molecule has 2 fully saturated rings. The van der Waals surface area contributed by atoms with Crippen molar-refractivity contribution in [2.45, 2.75) is 31.6 Å². The first kappa shape index (κ1) is 18.2. The number of amidine groups is 1. The lowest BCUT2D eigenvalue weighted by Gasteiger charge is -2.24. The zero-order chi connectivity index (χ0) is 17.5. The Morgan fingerprint density at radius 3 is 2.88 bits per heavy atom. The Labute approximate surface area is 160 Å². The van der Waals surface area contributed by atoms with Crippen LogP contribution in [0.4, 0.5) is 5.69 Å². The van der Waals surface area contributed by atoms with Gasteiger partial charge in [0.1, 0.15) is 0 Å². The van der Waals surface area contributed by atoms with E-state index in [4.69, 9.17) is 0 Å². The van der Waals surface area contributed by atoms with E-state index >= 15 is 0 Å². The molecule has 130 valence electrons. The number of rotatable bonds is 3. The Balaban J connectivity index is 2.00. The Morgan fingerprint density at radius 2 is 2.21 bits per heavy atom. The number of benzene rings is 1. The topological polar surface area (TPSA) is 66.8 Å². The number of hydrogen-bond donors (Lipinski definition) is 0. The number of anilines is 1. The molecule has 3 rings (SSSR count). The molecule has 8 heteroatoms. The van der Waals surface area contributed by atoms with Gasteiger partial charge in [0.25, 0.3) is 5.91 Å². The third-order valence-electron chi connectivity index (χ3n) is 4.39. The first-order valence-electron chi connectivity index (χ1n) is 7.85. The van der Waals surface area contributed by atoms with Crippen molar-refractivity contribution in [3.63, 3.8) is 0 Å². The van der Waals surface area contributed by atoms with Crippen LogP contribution >= 0.6 is 34.4 Å². The van der Waals surface area contributed by atoms with Crippen molar-refractivity contribution in [3.05, 3.63) is 27.8 Å². The fourth-order valence-corrected chi connectivity index (χ4v) is 7.32. The average molecular weight is 478 g/mol. The van der Waals surface area contributed by atoms with Gasteiger partial charge in [0.2, 0.25) is 0 Å². The van der Waals surface area contributed by atoms with Crippen LogP contribution in [0.3, 0.4) is 0 Å². The third kappa shape index (κ3) is 3.65. The molecule has 1 aromatic rings. The molecule has 0 aliphatic carbocycles. The van der Waals surface area contributed by atoms with Crippen LogP contribution in [0.25, 0.3) is 0 Å². The normalized spacial score (nSPS) is 28.1. The van der Waals surface area contributed by atoms with Crippen molar-refractivity contribution in [3.8, 4) is 0 Å². The first-order chi connectivity index (χ1) is 11.3. The Morgan fingerprint density at radius 1 is 1.46 bits per heavy atom. The van der Waals surface area contributed by atoms with Crippen LogP contribution in [0.2, 0.25) is 0 Å². The van der Waals surface area contributed by atoms with Crippen molar-refractivity contribution in [1.29, 1.82) is 0 Å². The second-order valence-electron chi connectivity index (χ2n) is 6.19. The lowest BCUT2D eigenvalue weighted by molar-refractivity contribution is -0.121. The number of sulfone groups is 1. The van der Waals surface area contributed by atoms with Crippen molar-refractivity contribution < 1.29 is 13.2 Å². The number of fused-ring (bicyclic) bond motifs is 1. The van der Waals surface area contributed by atoms with E-state index in [2.05, 4.69) is 27.6 Å². The highest BCUT2D eigenvalue weighted by Gasteiger charge is 2.49. The van der Waals surface area contributed by atoms with Gasteiger partial charge in [-0.15, -0.1) is 0 Å². The summed E-state index contributed by atoms with van der Waals surface area (Å²) in [5, 5.41) is 0.573.